The van der Waals surface area contributed by atoms with Gasteiger partial charge in [0.15, 0.2) is 11.9 Å². The van der Waals surface area contributed by atoms with Crippen LogP contribution in [0.1, 0.15) is 16.1 Å². The lowest BCUT2D eigenvalue weighted by Gasteiger charge is -2.09. The highest BCUT2D eigenvalue weighted by atomic mass is 79.9. The standard InChI is InChI=1S/C20H10BrF4N3O/c21-13-5-6-15(16(22)7-13)17-9-19-26-14(10-29)8-18(28(19)27-17)11-1-3-12(4-2-11)20(23,24)25/h1-10H. The molecule has 9 heteroatoms. The summed E-state index contributed by atoms with van der Waals surface area (Å²) in [5.41, 5.74) is 0.814. The summed E-state index contributed by atoms with van der Waals surface area (Å²) in [6, 6.07) is 11.9. The second-order valence-corrected chi connectivity index (χ2v) is 7.10. The van der Waals surface area contributed by atoms with Crippen molar-refractivity contribution in [3.05, 3.63) is 76.1 Å². The number of hydrogen-bond acceptors (Lipinski definition) is 3. The Morgan fingerprint density at radius 2 is 1.72 bits per heavy atom. The molecule has 0 unspecified atom stereocenters. The highest BCUT2D eigenvalue weighted by molar-refractivity contribution is 9.10. The lowest BCUT2D eigenvalue weighted by atomic mass is 10.1. The molecule has 2 aromatic carbocycles. The maximum atomic E-state index is 14.3. The fraction of sp³-hybridized carbons (Fsp3) is 0.0500. The molecule has 0 aliphatic carbocycles. The Morgan fingerprint density at radius 1 is 1.00 bits per heavy atom. The lowest BCUT2D eigenvalue weighted by molar-refractivity contribution is -0.137. The Labute approximate surface area is 169 Å². The molecule has 0 atom stereocenters. The summed E-state index contributed by atoms with van der Waals surface area (Å²) >= 11 is 3.19. The van der Waals surface area contributed by atoms with Crippen molar-refractivity contribution in [2.24, 2.45) is 0 Å². The molecule has 0 radical (unpaired) electrons. The van der Waals surface area contributed by atoms with E-state index in [1.165, 1.54) is 34.8 Å². The SMILES string of the molecule is O=Cc1cc(-c2ccc(C(F)(F)F)cc2)n2nc(-c3ccc(Br)cc3F)cc2n1. The number of benzene rings is 2. The summed E-state index contributed by atoms with van der Waals surface area (Å²) in [5, 5.41) is 4.36. The fourth-order valence-electron chi connectivity index (χ4n) is 2.92. The van der Waals surface area contributed by atoms with Gasteiger partial charge in [-0.2, -0.15) is 18.3 Å². The molecular formula is C20H10BrF4N3O. The summed E-state index contributed by atoms with van der Waals surface area (Å²) in [6.45, 7) is 0. The van der Waals surface area contributed by atoms with Crippen LogP contribution in [0.2, 0.25) is 0 Å². The van der Waals surface area contributed by atoms with Gasteiger partial charge >= 0.3 is 6.18 Å². The molecule has 0 aliphatic heterocycles. The summed E-state index contributed by atoms with van der Waals surface area (Å²) in [6.07, 6.45) is -3.93. The predicted octanol–water partition coefficient (Wildman–Crippen LogP) is 5.80. The third-order valence-electron chi connectivity index (χ3n) is 4.28. The van der Waals surface area contributed by atoms with Crippen molar-refractivity contribution in [1.82, 2.24) is 14.6 Å². The molecule has 0 bridgehead atoms. The van der Waals surface area contributed by atoms with Crippen LogP contribution in [0, 0.1) is 5.82 Å². The zero-order chi connectivity index (χ0) is 20.8. The predicted molar refractivity (Wildman–Crippen MR) is 102 cm³/mol. The van der Waals surface area contributed by atoms with Gasteiger partial charge in [0.05, 0.1) is 17.0 Å². The minimum atomic E-state index is -4.46. The third-order valence-corrected chi connectivity index (χ3v) is 4.78. The first-order valence-electron chi connectivity index (χ1n) is 8.25. The summed E-state index contributed by atoms with van der Waals surface area (Å²) in [4.78, 5) is 15.4. The van der Waals surface area contributed by atoms with Gasteiger partial charge in [-0.1, -0.05) is 28.1 Å². The summed E-state index contributed by atoms with van der Waals surface area (Å²) in [7, 11) is 0. The molecule has 29 heavy (non-hydrogen) atoms. The minimum absolute atomic E-state index is 0.0788. The molecule has 4 nitrogen and oxygen atoms in total. The largest absolute Gasteiger partial charge is 0.416 e. The molecular weight excluding hydrogens is 454 g/mol. The fourth-order valence-corrected chi connectivity index (χ4v) is 3.25. The zero-order valence-electron chi connectivity index (χ0n) is 14.4. The van der Waals surface area contributed by atoms with Gasteiger partial charge in [-0.15, -0.1) is 0 Å². The highest BCUT2D eigenvalue weighted by Crippen LogP contribution is 2.32. The average Bonchev–Trinajstić information content (AvgIpc) is 3.10. The first-order valence-corrected chi connectivity index (χ1v) is 9.04. The van der Waals surface area contributed by atoms with Crippen molar-refractivity contribution in [1.29, 1.82) is 0 Å². The van der Waals surface area contributed by atoms with Crippen LogP contribution in [-0.2, 0) is 6.18 Å². The van der Waals surface area contributed by atoms with E-state index in [2.05, 4.69) is 26.0 Å². The molecule has 0 saturated carbocycles. The monoisotopic (exact) mass is 463 g/mol. The molecule has 4 aromatic rings. The van der Waals surface area contributed by atoms with Crippen molar-refractivity contribution in [3.63, 3.8) is 0 Å². The molecule has 0 N–H and O–H groups in total. The number of rotatable bonds is 3. The molecule has 0 aliphatic rings. The number of hydrogen-bond donors (Lipinski definition) is 0. The number of carbonyl (C=O) groups is 1. The molecule has 0 spiro atoms. The molecule has 146 valence electrons. The van der Waals surface area contributed by atoms with E-state index in [1.54, 1.807) is 12.1 Å². The van der Waals surface area contributed by atoms with Gasteiger partial charge in [0.25, 0.3) is 0 Å². The quantitative estimate of drug-likeness (QED) is 0.285. The van der Waals surface area contributed by atoms with E-state index in [0.717, 1.165) is 12.1 Å². The first-order chi connectivity index (χ1) is 13.8. The molecule has 0 amide bonds. The number of aromatic nitrogens is 3. The topological polar surface area (TPSA) is 47.3 Å². The van der Waals surface area contributed by atoms with E-state index in [4.69, 9.17) is 0 Å². The van der Waals surface area contributed by atoms with Crippen molar-refractivity contribution in [2.45, 2.75) is 6.18 Å². The summed E-state index contributed by atoms with van der Waals surface area (Å²) in [5.74, 6) is -0.505. The first kappa shape index (κ1) is 19.3. The van der Waals surface area contributed by atoms with Crippen LogP contribution in [0.3, 0.4) is 0 Å². The van der Waals surface area contributed by atoms with Crippen molar-refractivity contribution >= 4 is 27.9 Å². The maximum Gasteiger partial charge on any atom is 0.416 e. The minimum Gasteiger partial charge on any atom is -0.296 e. The van der Waals surface area contributed by atoms with Crippen LogP contribution in [0.5, 0.6) is 0 Å². The molecule has 0 saturated heterocycles. The number of carbonyl (C=O) groups excluding carboxylic acids is 1. The van der Waals surface area contributed by atoms with E-state index in [9.17, 15) is 22.4 Å². The zero-order valence-corrected chi connectivity index (χ0v) is 16.0. The van der Waals surface area contributed by atoms with Crippen LogP contribution in [0.25, 0.3) is 28.2 Å². The Balaban J connectivity index is 1.89. The average molecular weight is 464 g/mol. The van der Waals surface area contributed by atoms with Crippen LogP contribution in [-0.4, -0.2) is 20.9 Å². The molecule has 2 heterocycles. The normalized spacial score (nSPS) is 11.8. The van der Waals surface area contributed by atoms with Gasteiger partial charge in [-0.3, -0.25) is 4.79 Å². The number of aldehydes is 1. The Hall–Kier alpha value is -3.07. The Morgan fingerprint density at radius 3 is 2.34 bits per heavy atom. The molecule has 4 rings (SSSR count). The molecule has 0 fully saturated rings. The van der Waals surface area contributed by atoms with Gasteiger partial charge in [-0.05, 0) is 36.4 Å². The van der Waals surface area contributed by atoms with E-state index in [0.29, 0.717) is 22.0 Å². The maximum absolute atomic E-state index is 14.3. The number of nitrogens with zero attached hydrogens (tertiary/aromatic N) is 3. The smallest absolute Gasteiger partial charge is 0.296 e. The Kier molecular flexibility index (Phi) is 4.70. The van der Waals surface area contributed by atoms with Crippen LogP contribution >= 0.6 is 15.9 Å². The number of halogens is 5. The Bertz CT molecular complexity index is 1230. The van der Waals surface area contributed by atoms with Crippen molar-refractivity contribution < 1.29 is 22.4 Å². The van der Waals surface area contributed by atoms with Gasteiger partial charge in [-0.25, -0.2) is 13.9 Å². The van der Waals surface area contributed by atoms with E-state index in [1.807, 2.05) is 0 Å². The summed E-state index contributed by atoms with van der Waals surface area (Å²) < 4.78 is 54.8. The number of alkyl halides is 3. The van der Waals surface area contributed by atoms with Gasteiger partial charge in [0.2, 0.25) is 0 Å². The van der Waals surface area contributed by atoms with Gasteiger partial charge in [0, 0.05) is 21.7 Å². The van der Waals surface area contributed by atoms with Crippen LogP contribution in [0.4, 0.5) is 17.6 Å². The van der Waals surface area contributed by atoms with Gasteiger partial charge in [0.1, 0.15) is 11.5 Å². The van der Waals surface area contributed by atoms with Crippen molar-refractivity contribution in [2.75, 3.05) is 0 Å². The van der Waals surface area contributed by atoms with Gasteiger partial charge < -0.3 is 0 Å². The lowest BCUT2D eigenvalue weighted by Crippen LogP contribution is -2.05. The van der Waals surface area contributed by atoms with Crippen LogP contribution < -0.4 is 0 Å². The van der Waals surface area contributed by atoms with Crippen molar-refractivity contribution in [3.8, 4) is 22.5 Å². The second-order valence-electron chi connectivity index (χ2n) is 6.18. The van der Waals surface area contributed by atoms with E-state index < -0.39 is 17.6 Å². The van der Waals surface area contributed by atoms with Crippen LogP contribution in [0.15, 0.2) is 59.1 Å². The second kappa shape index (κ2) is 7.07. The molecule has 2 aromatic heterocycles. The highest BCUT2D eigenvalue weighted by Gasteiger charge is 2.30. The number of fused-ring (bicyclic) bond motifs is 1. The van der Waals surface area contributed by atoms with E-state index >= 15 is 0 Å². The third kappa shape index (κ3) is 3.65. The van der Waals surface area contributed by atoms with E-state index in [-0.39, 0.29) is 22.6 Å².